The van der Waals surface area contributed by atoms with Gasteiger partial charge in [0.1, 0.15) is 9.04 Å². The molecule has 0 aliphatic heterocycles. The topological polar surface area (TPSA) is 56.0 Å². The second-order valence-electron chi connectivity index (χ2n) is 7.39. The number of benzene rings is 3. The Kier molecular flexibility index (Phi) is 5.91. The highest BCUT2D eigenvalue weighted by molar-refractivity contribution is 9.10. The average Bonchev–Trinajstić information content (AvgIpc) is 3.17. The fourth-order valence-electron chi connectivity index (χ4n) is 3.67. The lowest BCUT2D eigenvalue weighted by molar-refractivity contribution is 0.684. The summed E-state index contributed by atoms with van der Waals surface area (Å²) in [4.78, 5) is 5.72. The van der Waals surface area contributed by atoms with Crippen molar-refractivity contribution in [2.45, 2.75) is 9.96 Å². The Balaban J connectivity index is 1.68. The molecular weight excluding hydrogens is 500 g/mol. The third-order valence-corrected chi connectivity index (χ3v) is 8.70. The minimum atomic E-state index is -1.25. The van der Waals surface area contributed by atoms with E-state index in [0.717, 1.165) is 42.6 Å². The second kappa shape index (κ2) is 8.98. The minimum absolute atomic E-state index is 0.429. The van der Waals surface area contributed by atoms with Crippen molar-refractivity contribution in [2.24, 2.45) is 0 Å². The van der Waals surface area contributed by atoms with Crippen LogP contribution in [-0.4, -0.2) is 9.19 Å². The quantitative estimate of drug-likeness (QED) is 0.265. The minimum Gasteiger partial charge on any atom is -0.396 e. The van der Waals surface area contributed by atoms with Gasteiger partial charge < -0.3 is 5.73 Å². The van der Waals surface area contributed by atoms with Crippen LogP contribution in [0.2, 0.25) is 0 Å². The van der Waals surface area contributed by atoms with Crippen LogP contribution >= 0.6 is 27.3 Å². The summed E-state index contributed by atoms with van der Waals surface area (Å²) < 4.78 is 15.0. The summed E-state index contributed by atoms with van der Waals surface area (Å²) in [5.74, 6) is 0.429. The van der Waals surface area contributed by atoms with Crippen LogP contribution in [0.15, 0.2) is 99.7 Å². The van der Waals surface area contributed by atoms with Crippen molar-refractivity contribution in [2.75, 3.05) is 5.73 Å². The van der Waals surface area contributed by atoms with E-state index >= 15 is 0 Å². The average molecular weight is 519 g/mol. The maximum Gasteiger partial charge on any atom is 0.127 e. The van der Waals surface area contributed by atoms with E-state index in [9.17, 15) is 4.21 Å². The van der Waals surface area contributed by atoms with Crippen LogP contribution in [0.4, 0.5) is 5.69 Å². The number of anilines is 1. The Morgan fingerprint density at radius 1 is 0.875 bits per heavy atom. The number of nitrogen functional groups attached to an aromatic ring is 1. The summed E-state index contributed by atoms with van der Waals surface area (Å²) in [7, 11) is -1.25. The molecule has 2 N–H and O–H groups in total. The predicted molar refractivity (Wildman–Crippen MR) is 139 cm³/mol. The molecule has 0 fully saturated rings. The van der Waals surface area contributed by atoms with Crippen LogP contribution in [-0.2, 0) is 16.6 Å². The fraction of sp³-hybridized carbons (Fsp3) is 0.0385. The maximum atomic E-state index is 13.3. The first-order valence-electron chi connectivity index (χ1n) is 10.1. The van der Waals surface area contributed by atoms with Crippen LogP contribution in [0.3, 0.4) is 0 Å². The van der Waals surface area contributed by atoms with E-state index in [1.165, 1.54) is 11.3 Å². The molecule has 1 atom stereocenters. The molecule has 2 heterocycles. The van der Waals surface area contributed by atoms with Gasteiger partial charge in [-0.2, -0.15) is 0 Å². The van der Waals surface area contributed by atoms with Gasteiger partial charge in [-0.1, -0.05) is 88.7 Å². The highest BCUT2D eigenvalue weighted by Crippen LogP contribution is 2.43. The molecule has 0 bridgehead atoms. The number of hydrogen-bond donors (Lipinski definition) is 1. The summed E-state index contributed by atoms with van der Waals surface area (Å²) in [5, 5.41) is 0.874. The molecule has 6 heteroatoms. The van der Waals surface area contributed by atoms with Crippen LogP contribution in [0.5, 0.6) is 0 Å². The lowest BCUT2D eigenvalue weighted by Crippen LogP contribution is -1.98. The Hall–Kier alpha value is -2.80. The molecule has 5 rings (SSSR count). The predicted octanol–water partition coefficient (Wildman–Crippen LogP) is 7.28. The van der Waals surface area contributed by atoms with Gasteiger partial charge in [0.25, 0.3) is 0 Å². The van der Waals surface area contributed by atoms with Crippen LogP contribution in [0, 0.1) is 0 Å². The van der Waals surface area contributed by atoms with Crippen molar-refractivity contribution in [3.8, 4) is 22.4 Å². The number of nitrogens with two attached hydrogens (primary N) is 1. The van der Waals surface area contributed by atoms with Crippen LogP contribution < -0.4 is 5.73 Å². The first kappa shape index (κ1) is 21.1. The molecule has 0 spiro atoms. The zero-order valence-corrected chi connectivity index (χ0v) is 20.2. The standard InChI is InChI=1S/C26H19BrN2OS2/c27-20-13-11-19(12-14-20)22-15-21(18-9-5-2-6-10-18)23-24(28)26(31-25(23)29-22)32(30)16-17-7-3-1-4-8-17/h1-15H,16,28H2. The van der Waals surface area contributed by atoms with E-state index in [4.69, 9.17) is 10.7 Å². The summed E-state index contributed by atoms with van der Waals surface area (Å²) in [5.41, 5.74) is 12.1. The number of fused-ring (bicyclic) bond motifs is 1. The van der Waals surface area contributed by atoms with E-state index in [2.05, 4.69) is 34.1 Å². The zero-order valence-electron chi connectivity index (χ0n) is 17.0. The zero-order chi connectivity index (χ0) is 22.1. The van der Waals surface area contributed by atoms with Gasteiger partial charge >= 0.3 is 0 Å². The molecule has 5 aromatic rings. The molecule has 0 aliphatic carbocycles. The van der Waals surface area contributed by atoms with Crippen molar-refractivity contribution < 1.29 is 4.21 Å². The molecule has 0 saturated carbocycles. The Bertz CT molecular complexity index is 1420. The van der Waals surface area contributed by atoms with Gasteiger partial charge in [0.2, 0.25) is 0 Å². The van der Waals surface area contributed by atoms with Crippen molar-refractivity contribution in [3.63, 3.8) is 0 Å². The van der Waals surface area contributed by atoms with Gasteiger partial charge in [0.05, 0.1) is 27.9 Å². The molecule has 32 heavy (non-hydrogen) atoms. The van der Waals surface area contributed by atoms with Gasteiger partial charge in [0, 0.05) is 15.4 Å². The molecule has 0 aliphatic rings. The first-order chi connectivity index (χ1) is 15.6. The number of aromatic nitrogens is 1. The van der Waals surface area contributed by atoms with E-state index in [0.29, 0.717) is 15.6 Å². The second-order valence-corrected chi connectivity index (χ2v) is 10.9. The molecule has 1 unspecified atom stereocenters. The normalized spacial score (nSPS) is 12.2. The van der Waals surface area contributed by atoms with Crippen molar-refractivity contribution >= 4 is 54.0 Å². The van der Waals surface area contributed by atoms with E-state index in [1.54, 1.807) is 0 Å². The van der Waals surface area contributed by atoms with Gasteiger partial charge in [0.15, 0.2) is 0 Å². The lowest BCUT2D eigenvalue weighted by Gasteiger charge is -2.09. The number of halogens is 1. The van der Waals surface area contributed by atoms with Gasteiger partial charge in [-0.15, -0.1) is 11.3 Å². The summed E-state index contributed by atoms with van der Waals surface area (Å²) in [6.45, 7) is 0. The highest BCUT2D eigenvalue weighted by Gasteiger charge is 2.21. The molecule has 0 amide bonds. The number of hydrogen-bond acceptors (Lipinski definition) is 4. The summed E-state index contributed by atoms with van der Waals surface area (Å²) in [6, 6.07) is 30.2. The van der Waals surface area contributed by atoms with Crippen LogP contribution in [0.25, 0.3) is 32.6 Å². The highest BCUT2D eigenvalue weighted by atomic mass is 79.9. The van der Waals surface area contributed by atoms with E-state index in [-0.39, 0.29) is 0 Å². The van der Waals surface area contributed by atoms with Gasteiger partial charge in [-0.25, -0.2) is 4.98 Å². The summed E-state index contributed by atoms with van der Waals surface area (Å²) in [6.07, 6.45) is 0. The number of thiophene rings is 1. The molecule has 0 saturated heterocycles. The fourth-order valence-corrected chi connectivity index (χ4v) is 6.55. The Morgan fingerprint density at radius 2 is 1.53 bits per heavy atom. The van der Waals surface area contributed by atoms with Gasteiger partial charge in [-0.3, -0.25) is 4.21 Å². The molecular formula is C26H19BrN2OS2. The third-order valence-electron chi connectivity index (χ3n) is 5.24. The number of pyridine rings is 1. The summed E-state index contributed by atoms with van der Waals surface area (Å²) >= 11 is 4.92. The molecule has 158 valence electrons. The lowest BCUT2D eigenvalue weighted by atomic mass is 10.00. The van der Waals surface area contributed by atoms with E-state index in [1.807, 2.05) is 72.8 Å². The van der Waals surface area contributed by atoms with E-state index < -0.39 is 10.8 Å². The largest absolute Gasteiger partial charge is 0.396 e. The van der Waals surface area contributed by atoms with Crippen molar-refractivity contribution in [1.82, 2.24) is 4.98 Å². The Morgan fingerprint density at radius 3 is 2.22 bits per heavy atom. The first-order valence-corrected chi connectivity index (χ1v) is 13.0. The number of rotatable bonds is 5. The molecule has 3 nitrogen and oxygen atoms in total. The molecule has 3 aromatic carbocycles. The third kappa shape index (κ3) is 4.13. The molecule has 2 aromatic heterocycles. The number of nitrogens with zero attached hydrogens (tertiary/aromatic N) is 1. The Labute approximate surface area is 201 Å². The van der Waals surface area contributed by atoms with Gasteiger partial charge in [-0.05, 0) is 34.9 Å². The van der Waals surface area contributed by atoms with Crippen molar-refractivity contribution in [1.29, 1.82) is 0 Å². The smallest absolute Gasteiger partial charge is 0.127 e. The maximum absolute atomic E-state index is 13.3. The SMILES string of the molecule is Nc1c(S(=O)Cc2ccccc2)sc2nc(-c3ccc(Br)cc3)cc(-c3ccccc3)c12. The monoisotopic (exact) mass is 518 g/mol. The van der Waals surface area contributed by atoms with Crippen LogP contribution in [0.1, 0.15) is 5.56 Å². The van der Waals surface area contributed by atoms with Crippen molar-refractivity contribution in [3.05, 3.63) is 101 Å². The molecule has 0 radical (unpaired) electrons.